The molecule has 1 amide bonds. The summed E-state index contributed by atoms with van der Waals surface area (Å²) in [6, 6.07) is 0. The molecule has 0 aliphatic heterocycles. The zero-order chi connectivity index (χ0) is 12.1. The average molecular weight is 217 g/mol. The van der Waals surface area contributed by atoms with Crippen LogP contribution in [-0.2, 0) is 14.3 Å². The minimum atomic E-state index is -1.08. The monoisotopic (exact) mass is 217 g/mol. The van der Waals surface area contributed by atoms with Gasteiger partial charge in [-0.15, -0.1) is 0 Å². The number of carbonyl (C=O) groups excluding carboxylic acids is 1. The predicted molar refractivity (Wildman–Crippen MR) is 55.5 cm³/mol. The molecule has 15 heavy (non-hydrogen) atoms. The lowest BCUT2D eigenvalue weighted by atomic mass is 9.89. The normalized spacial score (nSPS) is 13.3. The number of nitrogens with one attached hydrogen (secondary N) is 1. The Morgan fingerprint density at radius 2 is 2.00 bits per heavy atom. The fourth-order valence-corrected chi connectivity index (χ4v) is 0.857. The summed E-state index contributed by atoms with van der Waals surface area (Å²) in [5.41, 5.74) is -0.475. The summed E-state index contributed by atoms with van der Waals surface area (Å²) in [4.78, 5) is 22.2. The number of carbonyl (C=O) groups is 2. The van der Waals surface area contributed by atoms with E-state index in [0.29, 0.717) is 6.42 Å². The molecule has 0 radical (unpaired) electrons. The highest BCUT2D eigenvalue weighted by molar-refractivity contribution is 5.82. The van der Waals surface area contributed by atoms with E-state index in [4.69, 9.17) is 9.84 Å². The number of ether oxygens (including phenoxy) is 1. The number of carboxylic acid groups (broad SMARTS) is 1. The van der Waals surface area contributed by atoms with E-state index in [-0.39, 0.29) is 12.5 Å². The zero-order valence-corrected chi connectivity index (χ0v) is 9.66. The van der Waals surface area contributed by atoms with Gasteiger partial charge in [0.2, 0.25) is 5.91 Å². The van der Waals surface area contributed by atoms with Crippen LogP contribution < -0.4 is 5.32 Å². The smallest absolute Gasteiger partial charge is 0.334 e. The average Bonchev–Trinajstić information content (AvgIpc) is 2.17. The van der Waals surface area contributed by atoms with E-state index in [0.717, 1.165) is 0 Å². The van der Waals surface area contributed by atoms with Crippen LogP contribution in [0.3, 0.4) is 0 Å². The van der Waals surface area contributed by atoms with Gasteiger partial charge in [-0.25, -0.2) is 4.79 Å². The van der Waals surface area contributed by atoms with Crippen molar-refractivity contribution in [2.45, 2.75) is 33.3 Å². The molecule has 0 saturated heterocycles. The van der Waals surface area contributed by atoms with Gasteiger partial charge in [0, 0.05) is 12.5 Å². The van der Waals surface area contributed by atoms with Gasteiger partial charge < -0.3 is 15.2 Å². The molecule has 1 unspecified atom stereocenters. The second kappa shape index (κ2) is 5.70. The van der Waals surface area contributed by atoms with E-state index in [1.807, 2.05) is 20.8 Å². The first-order valence-corrected chi connectivity index (χ1v) is 4.89. The maximum Gasteiger partial charge on any atom is 0.334 e. The molecule has 0 saturated carbocycles. The van der Waals surface area contributed by atoms with Crippen molar-refractivity contribution in [2.24, 2.45) is 5.41 Å². The van der Waals surface area contributed by atoms with Crippen molar-refractivity contribution in [3.05, 3.63) is 0 Å². The SMILES string of the molecule is CCC(C)(C)C(=O)NCC(OC)C(=O)O. The number of amides is 1. The van der Waals surface area contributed by atoms with Gasteiger partial charge in [-0.1, -0.05) is 20.8 Å². The molecule has 0 heterocycles. The van der Waals surface area contributed by atoms with Crippen molar-refractivity contribution in [3.8, 4) is 0 Å². The highest BCUT2D eigenvalue weighted by Gasteiger charge is 2.26. The van der Waals surface area contributed by atoms with E-state index in [9.17, 15) is 9.59 Å². The van der Waals surface area contributed by atoms with Crippen molar-refractivity contribution in [3.63, 3.8) is 0 Å². The Balaban J connectivity index is 4.16. The Morgan fingerprint density at radius 3 is 2.33 bits per heavy atom. The van der Waals surface area contributed by atoms with Crippen molar-refractivity contribution in [1.29, 1.82) is 0 Å². The van der Waals surface area contributed by atoms with Crippen molar-refractivity contribution >= 4 is 11.9 Å². The molecule has 5 nitrogen and oxygen atoms in total. The standard InChI is InChI=1S/C10H19NO4/c1-5-10(2,3)9(14)11-6-7(15-4)8(12)13/h7H,5-6H2,1-4H3,(H,11,14)(H,12,13). The molecular weight excluding hydrogens is 198 g/mol. The van der Waals surface area contributed by atoms with Crippen molar-refractivity contribution in [1.82, 2.24) is 5.32 Å². The molecule has 1 atom stereocenters. The molecule has 0 aliphatic carbocycles. The molecular formula is C10H19NO4. The Bertz CT molecular complexity index is 238. The highest BCUT2D eigenvalue weighted by Crippen LogP contribution is 2.19. The van der Waals surface area contributed by atoms with Crippen molar-refractivity contribution in [2.75, 3.05) is 13.7 Å². The van der Waals surface area contributed by atoms with Crippen LogP contribution in [0.25, 0.3) is 0 Å². The van der Waals surface area contributed by atoms with Crippen LogP contribution in [0.5, 0.6) is 0 Å². The van der Waals surface area contributed by atoms with E-state index in [2.05, 4.69) is 5.32 Å². The summed E-state index contributed by atoms with van der Waals surface area (Å²) in [6.07, 6.45) is -0.287. The van der Waals surface area contributed by atoms with Gasteiger partial charge in [-0.05, 0) is 6.42 Å². The number of hydrogen-bond acceptors (Lipinski definition) is 3. The minimum Gasteiger partial charge on any atom is -0.479 e. The van der Waals surface area contributed by atoms with Crippen LogP contribution in [-0.4, -0.2) is 36.7 Å². The van der Waals surface area contributed by atoms with Crippen LogP contribution in [0.1, 0.15) is 27.2 Å². The topological polar surface area (TPSA) is 75.6 Å². The first-order valence-electron chi connectivity index (χ1n) is 4.89. The molecule has 0 bridgehead atoms. The first-order chi connectivity index (χ1) is 6.85. The van der Waals surface area contributed by atoms with Crippen LogP contribution >= 0.6 is 0 Å². The maximum atomic E-state index is 11.6. The van der Waals surface area contributed by atoms with Crippen LogP contribution in [0.2, 0.25) is 0 Å². The first kappa shape index (κ1) is 13.9. The number of methoxy groups -OCH3 is 1. The lowest BCUT2D eigenvalue weighted by Gasteiger charge is -2.22. The zero-order valence-electron chi connectivity index (χ0n) is 9.66. The Kier molecular flexibility index (Phi) is 5.28. The Morgan fingerprint density at radius 1 is 1.47 bits per heavy atom. The predicted octanol–water partition coefficient (Wildman–Crippen LogP) is 0.638. The summed E-state index contributed by atoms with van der Waals surface area (Å²) in [5, 5.41) is 11.2. The number of carboxylic acids is 1. The van der Waals surface area contributed by atoms with Gasteiger partial charge >= 0.3 is 5.97 Å². The third-order valence-corrected chi connectivity index (χ3v) is 2.51. The maximum absolute atomic E-state index is 11.6. The van der Waals surface area contributed by atoms with E-state index < -0.39 is 17.5 Å². The summed E-state index contributed by atoms with van der Waals surface area (Å²) in [6.45, 7) is 5.52. The summed E-state index contributed by atoms with van der Waals surface area (Å²) in [7, 11) is 1.30. The van der Waals surface area contributed by atoms with Gasteiger partial charge in [0.25, 0.3) is 0 Å². The molecule has 0 aromatic heterocycles. The summed E-state index contributed by atoms with van der Waals surface area (Å²) < 4.78 is 4.69. The molecule has 0 aromatic rings. The lowest BCUT2D eigenvalue weighted by Crippen LogP contribution is -2.43. The highest BCUT2D eigenvalue weighted by atomic mass is 16.5. The quantitative estimate of drug-likeness (QED) is 0.684. The molecule has 0 aliphatic rings. The molecule has 0 spiro atoms. The fourth-order valence-electron chi connectivity index (χ4n) is 0.857. The Hall–Kier alpha value is -1.10. The van der Waals surface area contributed by atoms with Gasteiger partial charge in [0.15, 0.2) is 6.10 Å². The number of aliphatic carboxylic acids is 1. The third-order valence-electron chi connectivity index (χ3n) is 2.51. The van der Waals surface area contributed by atoms with Gasteiger partial charge in [-0.3, -0.25) is 4.79 Å². The van der Waals surface area contributed by atoms with Crippen molar-refractivity contribution < 1.29 is 19.4 Å². The Labute approximate surface area is 89.8 Å². The van der Waals surface area contributed by atoms with Gasteiger partial charge in [-0.2, -0.15) is 0 Å². The van der Waals surface area contributed by atoms with E-state index >= 15 is 0 Å². The largest absolute Gasteiger partial charge is 0.479 e. The van der Waals surface area contributed by atoms with Gasteiger partial charge in [0.05, 0.1) is 6.54 Å². The second-order valence-corrected chi connectivity index (χ2v) is 4.01. The molecule has 88 valence electrons. The van der Waals surface area contributed by atoms with Gasteiger partial charge in [0.1, 0.15) is 0 Å². The van der Waals surface area contributed by atoms with E-state index in [1.165, 1.54) is 7.11 Å². The molecule has 0 aromatic carbocycles. The fraction of sp³-hybridized carbons (Fsp3) is 0.800. The second-order valence-electron chi connectivity index (χ2n) is 4.01. The molecule has 2 N–H and O–H groups in total. The summed E-state index contributed by atoms with van der Waals surface area (Å²) >= 11 is 0. The summed E-state index contributed by atoms with van der Waals surface area (Å²) in [5.74, 6) is -1.24. The lowest BCUT2D eigenvalue weighted by molar-refractivity contribution is -0.148. The number of rotatable bonds is 6. The minimum absolute atomic E-state index is 0.00586. The van der Waals surface area contributed by atoms with E-state index in [1.54, 1.807) is 0 Å². The van der Waals surface area contributed by atoms with Crippen LogP contribution in [0.4, 0.5) is 0 Å². The van der Waals surface area contributed by atoms with Crippen LogP contribution in [0.15, 0.2) is 0 Å². The third kappa shape index (κ3) is 4.29. The number of hydrogen-bond donors (Lipinski definition) is 2. The van der Waals surface area contributed by atoms with Crippen LogP contribution in [0, 0.1) is 5.41 Å². The molecule has 0 fully saturated rings. The molecule has 5 heteroatoms. The molecule has 0 rings (SSSR count).